The van der Waals surface area contributed by atoms with Gasteiger partial charge in [0.05, 0.1) is 11.5 Å². The molecule has 1 aliphatic rings. The topological polar surface area (TPSA) is 102 Å². The zero-order valence-corrected chi connectivity index (χ0v) is 10.9. The Kier molecular flexibility index (Phi) is 4.52. The summed E-state index contributed by atoms with van der Waals surface area (Å²) in [6.07, 6.45) is 2.08. The van der Waals surface area contributed by atoms with Crippen LogP contribution in [-0.2, 0) is 4.74 Å². The molecule has 2 rings (SSSR count). The fourth-order valence-electron chi connectivity index (χ4n) is 2.20. The van der Waals surface area contributed by atoms with Crippen LogP contribution in [0.25, 0.3) is 0 Å². The minimum absolute atomic E-state index is 0.304. The molecular weight excluding hydrogens is 264 g/mol. The van der Waals surface area contributed by atoms with Crippen molar-refractivity contribution >= 4 is 17.3 Å². The summed E-state index contributed by atoms with van der Waals surface area (Å²) in [4.78, 5) is 21.1. The standard InChI is InChI=1S/C13H16N2O5/c16-13(17)11-4-3-10(6-12(11)15(18)19)14-7-9-2-1-5-20-8-9/h3-4,6,9,14H,1-2,5,7-8H2,(H,16,17). The van der Waals surface area contributed by atoms with E-state index < -0.39 is 16.6 Å². The van der Waals surface area contributed by atoms with Crippen molar-refractivity contribution in [3.05, 3.63) is 33.9 Å². The maximum Gasteiger partial charge on any atom is 0.342 e. The third kappa shape index (κ3) is 3.45. The lowest BCUT2D eigenvalue weighted by Gasteiger charge is -2.22. The van der Waals surface area contributed by atoms with E-state index in [2.05, 4.69) is 5.32 Å². The molecule has 7 heteroatoms. The smallest absolute Gasteiger partial charge is 0.342 e. The molecule has 1 atom stereocenters. The first kappa shape index (κ1) is 14.3. The highest BCUT2D eigenvalue weighted by atomic mass is 16.6. The van der Waals surface area contributed by atoms with E-state index in [4.69, 9.17) is 9.84 Å². The molecule has 1 aliphatic heterocycles. The Balaban J connectivity index is 2.06. The summed E-state index contributed by atoms with van der Waals surface area (Å²) in [5.74, 6) is -0.925. The van der Waals surface area contributed by atoms with Gasteiger partial charge in [0.15, 0.2) is 0 Å². The van der Waals surface area contributed by atoms with Gasteiger partial charge in [-0.1, -0.05) is 0 Å². The number of aromatic carboxylic acids is 1. The van der Waals surface area contributed by atoms with E-state index in [9.17, 15) is 14.9 Å². The van der Waals surface area contributed by atoms with Crippen LogP contribution in [0.5, 0.6) is 0 Å². The molecule has 0 saturated carbocycles. The average molecular weight is 280 g/mol. The van der Waals surface area contributed by atoms with Crippen LogP contribution in [0.3, 0.4) is 0 Å². The van der Waals surface area contributed by atoms with Gasteiger partial charge >= 0.3 is 5.97 Å². The Labute approximate surface area is 115 Å². The van der Waals surface area contributed by atoms with Crippen molar-refractivity contribution in [3.63, 3.8) is 0 Å². The van der Waals surface area contributed by atoms with Gasteiger partial charge in [0.2, 0.25) is 0 Å². The van der Waals surface area contributed by atoms with Gasteiger partial charge in [-0.25, -0.2) is 4.79 Å². The minimum atomic E-state index is -1.30. The van der Waals surface area contributed by atoms with Crippen molar-refractivity contribution in [3.8, 4) is 0 Å². The summed E-state index contributed by atoms with van der Waals surface area (Å²) < 4.78 is 5.36. The lowest BCUT2D eigenvalue weighted by atomic mass is 10.0. The second kappa shape index (κ2) is 6.33. The second-order valence-electron chi connectivity index (χ2n) is 4.76. The number of benzene rings is 1. The minimum Gasteiger partial charge on any atom is -0.477 e. The fourth-order valence-corrected chi connectivity index (χ4v) is 2.20. The SMILES string of the molecule is O=C(O)c1ccc(NCC2CCCOC2)cc1[N+](=O)[O-]. The lowest BCUT2D eigenvalue weighted by Crippen LogP contribution is -2.24. The maximum absolute atomic E-state index is 10.9. The Hall–Kier alpha value is -2.15. The van der Waals surface area contributed by atoms with Crippen molar-refractivity contribution in [2.45, 2.75) is 12.8 Å². The van der Waals surface area contributed by atoms with E-state index >= 15 is 0 Å². The molecule has 0 aromatic heterocycles. The van der Waals surface area contributed by atoms with Gasteiger partial charge in [-0.15, -0.1) is 0 Å². The van der Waals surface area contributed by atoms with E-state index in [1.165, 1.54) is 12.1 Å². The van der Waals surface area contributed by atoms with Crippen molar-refractivity contribution in [2.75, 3.05) is 25.1 Å². The van der Waals surface area contributed by atoms with Crippen LogP contribution in [0.4, 0.5) is 11.4 Å². The number of anilines is 1. The number of carboxylic acid groups (broad SMARTS) is 1. The molecule has 0 spiro atoms. The lowest BCUT2D eigenvalue weighted by molar-refractivity contribution is -0.385. The first-order valence-corrected chi connectivity index (χ1v) is 6.41. The van der Waals surface area contributed by atoms with E-state index in [-0.39, 0.29) is 5.56 Å². The second-order valence-corrected chi connectivity index (χ2v) is 4.76. The highest BCUT2D eigenvalue weighted by molar-refractivity contribution is 5.93. The van der Waals surface area contributed by atoms with Crippen LogP contribution >= 0.6 is 0 Å². The van der Waals surface area contributed by atoms with Crippen molar-refractivity contribution in [1.29, 1.82) is 0 Å². The number of ether oxygens (including phenoxy) is 1. The van der Waals surface area contributed by atoms with Crippen LogP contribution < -0.4 is 5.32 Å². The largest absolute Gasteiger partial charge is 0.477 e. The average Bonchev–Trinajstić information content (AvgIpc) is 2.45. The number of nitrogens with zero attached hydrogens (tertiary/aromatic N) is 1. The number of nitro benzene ring substituents is 1. The summed E-state index contributed by atoms with van der Waals surface area (Å²) in [6.45, 7) is 2.13. The monoisotopic (exact) mass is 280 g/mol. The Morgan fingerprint density at radius 1 is 1.55 bits per heavy atom. The van der Waals surface area contributed by atoms with Crippen LogP contribution in [0.1, 0.15) is 23.2 Å². The quantitative estimate of drug-likeness (QED) is 0.632. The zero-order chi connectivity index (χ0) is 14.5. The molecule has 0 aliphatic carbocycles. The number of hydrogen-bond donors (Lipinski definition) is 2. The number of nitro groups is 1. The molecule has 2 N–H and O–H groups in total. The molecule has 0 radical (unpaired) electrons. The molecule has 20 heavy (non-hydrogen) atoms. The van der Waals surface area contributed by atoms with Gasteiger partial charge in [0.1, 0.15) is 5.56 Å². The van der Waals surface area contributed by atoms with Crippen molar-refractivity contribution < 1.29 is 19.6 Å². The van der Waals surface area contributed by atoms with Gasteiger partial charge < -0.3 is 15.2 Å². The summed E-state index contributed by atoms with van der Waals surface area (Å²) in [7, 11) is 0. The number of hydrogen-bond acceptors (Lipinski definition) is 5. The summed E-state index contributed by atoms with van der Waals surface area (Å²) >= 11 is 0. The van der Waals surface area contributed by atoms with Crippen LogP contribution in [0.2, 0.25) is 0 Å². The normalized spacial score (nSPS) is 18.5. The van der Waals surface area contributed by atoms with Crippen LogP contribution in [0, 0.1) is 16.0 Å². The third-order valence-electron chi connectivity index (χ3n) is 3.27. The van der Waals surface area contributed by atoms with E-state index in [0.29, 0.717) is 24.8 Å². The first-order chi connectivity index (χ1) is 9.58. The van der Waals surface area contributed by atoms with Gasteiger partial charge in [-0.05, 0) is 30.9 Å². The van der Waals surface area contributed by atoms with E-state index in [0.717, 1.165) is 19.4 Å². The number of carboxylic acids is 1. The van der Waals surface area contributed by atoms with E-state index in [1.54, 1.807) is 6.07 Å². The summed E-state index contributed by atoms with van der Waals surface area (Å²) in [6, 6.07) is 4.05. The molecule has 1 aromatic rings. The molecule has 1 saturated heterocycles. The molecule has 0 amide bonds. The molecule has 0 bridgehead atoms. The summed E-state index contributed by atoms with van der Waals surface area (Å²) in [5.41, 5.74) is -0.156. The highest BCUT2D eigenvalue weighted by Crippen LogP contribution is 2.24. The molecule has 108 valence electrons. The Morgan fingerprint density at radius 2 is 2.35 bits per heavy atom. The Bertz CT molecular complexity index is 511. The third-order valence-corrected chi connectivity index (χ3v) is 3.27. The number of carbonyl (C=O) groups is 1. The molecular formula is C13H16N2O5. The van der Waals surface area contributed by atoms with Gasteiger partial charge in [-0.3, -0.25) is 10.1 Å². The van der Waals surface area contributed by atoms with Crippen molar-refractivity contribution in [1.82, 2.24) is 0 Å². The highest BCUT2D eigenvalue weighted by Gasteiger charge is 2.20. The van der Waals surface area contributed by atoms with Gasteiger partial charge in [0, 0.05) is 24.9 Å². The van der Waals surface area contributed by atoms with Gasteiger partial charge in [0.25, 0.3) is 5.69 Å². The van der Waals surface area contributed by atoms with Crippen molar-refractivity contribution in [2.24, 2.45) is 5.92 Å². The predicted molar refractivity (Wildman–Crippen MR) is 72.1 cm³/mol. The summed E-state index contributed by atoms with van der Waals surface area (Å²) in [5, 5.41) is 22.9. The molecule has 1 unspecified atom stereocenters. The fraction of sp³-hybridized carbons (Fsp3) is 0.462. The number of nitrogens with one attached hydrogen (secondary N) is 1. The predicted octanol–water partition coefficient (Wildman–Crippen LogP) is 2.13. The zero-order valence-electron chi connectivity index (χ0n) is 10.9. The molecule has 1 heterocycles. The molecule has 1 fully saturated rings. The first-order valence-electron chi connectivity index (χ1n) is 6.41. The van der Waals surface area contributed by atoms with Crippen LogP contribution in [-0.4, -0.2) is 35.8 Å². The molecule has 7 nitrogen and oxygen atoms in total. The number of rotatable bonds is 5. The van der Waals surface area contributed by atoms with Crippen LogP contribution in [0.15, 0.2) is 18.2 Å². The Morgan fingerprint density at radius 3 is 2.95 bits per heavy atom. The maximum atomic E-state index is 10.9. The van der Waals surface area contributed by atoms with Gasteiger partial charge in [-0.2, -0.15) is 0 Å². The van der Waals surface area contributed by atoms with E-state index in [1.807, 2.05) is 0 Å². The molecule has 1 aromatic carbocycles.